The molecule has 1 aliphatic rings. The molecule has 1 aliphatic carbocycles. The molecule has 1 aromatic carbocycles. The molecule has 26 heavy (non-hydrogen) atoms. The second-order valence-corrected chi connectivity index (χ2v) is 6.93. The number of aryl methyl sites for hydroxylation is 1. The fourth-order valence-electron chi connectivity index (χ4n) is 3.18. The first-order chi connectivity index (χ1) is 12.0. The van der Waals surface area contributed by atoms with E-state index in [2.05, 4.69) is 54.1 Å². The van der Waals surface area contributed by atoms with Gasteiger partial charge in [-0.15, -0.1) is 24.0 Å². The van der Waals surface area contributed by atoms with Gasteiger partial charge in [0.15, 0.2) is 5.96 Å². The molecule has 1 saturated carbocycles. The quantitative estimate of drug-likeness (QED) is 0.395. The van der Waals surface area contributed by atoms with Crippen molar-refractivity contribution in [2.75, 3.05) is 20.1 Å². The second-order valence-electron chi connectivity index (χ2n) is 6.93. The van der Waals surface area contributed by atoms with E-state index >= 15 is 0 Å². The molecule has 0 saturated heterocycles. The van der Waals surface area contributed by atoms with E-state index in [-0.39, 0.29) is 35.2 Å². The smallest absolute Gasteiger partial charge is 0.194 e. The van der Waals surface area contributed by atoms with Crippen molar-refractivity contribution in [3.8, 4) is 0 Å². The lowest BCUT2D eigenvalue weighted by Gasteiger charge is -2.23. The molecule has 0 radical (unpaired) electrons. The zero-order chi connectivity index (χ0) is 17.9. The summed E-state index contributed by atoms with van der Waals surface area (Å²) in [5.41, 5.74) is 2.31. The largest absolute Gasteiger partial charge is 0.357 e. The van der Waals surface area contributed by atoms with Gasteiger partial charge in [0.2, 0.25) is 0 Å². The minimum absolute atomic E-state index is 0. The van der Waals surface area contributed by atoms with Crippen LogP contribution < -0.4 is 5.32 Å². The van der Waals surface area contributed by atoms with Gasteiger partial charge in [0.25, 0.3) is 0 Å². The molecule has 0 bridgehead atoms. The minimum atomic E-state index is -0.166. The number of halogens is 2. The molecule has 1 N–H and O–H groups in total. The third-order valence-corrected chi connectivity index (χ3v) is 4.97. The lowest BCUT2D eigenvalue weighted by molar-refractivity contribution is 0.460. The zero-order valence-corrected chi connectivity index (χ0v) is 18.0. The first-order valence-electron chi connectivity index (χ1n) is 8.90. The highest BCUT2D eigenvalue weighted by Gasteiger charge is 2.44. The Morgan fingerprint density at radius 3 is 2.65 bits per heavy atom. The summed E-state index contributed by atoms with van der Waals surface area (Å²) in [6.07, 6.45) is 4.19. The highest BCUT2D eigenvalue weighted by Crippen LogP contribution is 2.48. The molecule has 0 unspecified atom stereocenters. The topological polar surface area (TPSA) is 32.6 Å². The van der Waals surface area contributed by atoms with Gasteiger partial charge in [-0.1, -0.05) is 12.1 Å². The number of nitrogens with one attached hydrogen (secondary N) is 1. The van der Waals surface area contributed by atoms with Crippen molar-refractivity contribution >= 4 is 29.9 Å². The van der Waals surface area contributed by atoms with Crippen molar-refractivity contribution in [1.29, 1.82) is 0 Å². The van der Waals surface area contributed by atoms with Crippen LogP contribution in [0.4, 0.5) is 4.39 Å². The van der Waals surface area contributed by atoms with Gasteiger partial charge in [-0.05, 0) is 49.6 Å². The van der Waals surface area contributed by atoms with E-state index in [1.807, 2.05) is 6.07 Å². The maximum Gasteiger partial charge on any atom is 0.194 e. The summed E-state index contributed by atoms with van der Waals surface area (Å²) in [5, 5.41) is 3.37. The number of guanidine groups is 1. The number of hydrogen-bond acceptors (Lipinski definition) is 1. The Bertz CT molecular complexity index is 752. The highest BCUT2D eigenvalue weighted by atomic mass is 127. The number of aliphatic imine (C=N–C) groups is 1. The Morgan fingerprint density at radius 2 is 2.08 bits per heavy atom. The van der Waals surface area contributed by atoms with Crippen LogP contribution in [0.2, 0.25) is 0 Å². The van der Waals surface area contributed by atoms with Crippen LogP contribution in [0.25, 0.3) is 0 Å². The molecule has 142 valence electrons. The molecule has 0 atom stereocenters. The monoisotopic (exact) mass is 470 g/mol. The molecule has 4 nitrogen and oxygen atoms in total. The average molecular weight is 470 g/mol. The van der Waals surface area contributed by atoms with Crippen molar-refractivity contribution < 1.29 is 4.39 Å². The summed E-state index contributed by atoms with van der Waals surface area (Å²) in [5.74, 6) is 0.729. The van der Waals surface area contributed by atoms with Gasteiger partial charge >= 0.3 is 0 Å². The Kier molecular flexibility index (Phi) is 7.08. The van der Waals surface area contributed by atoms with Crippen molar-refractivity contribution in [2.45, 2.75) is 31.7 Å². The first kappa shape index (κ1) is 20.7. The standard InChI is InChI=1S/C20H27FN4.HI/c1-4-22-19(25(3)14-18-9-6-12-24(18)2)23-15-20(10-11-20)16-7-5-8-17(21)13-16;/h5-9,12-13H,4,10-11,14-15H2,1-3H3,(H,22,23);1H. The molecule has 0 spiro atoms. The van der Waals surface area contributed by atoms with Crippen LogP contribution in [-0.2, 0) is 19.0 Å². The molecule has 1 fully saturated rings. The van der Waals surface area contributed by atoms with E-state index < -0.39 is 0 Å². The molecule has 1 aromatic heterocycles. The van der Waals surface area contributed by atoms with Crippen LogP contribution >= 0.6 is 24.0 Å². The Morgan fingerprint density at radius 1 is 1.31 bits per heavy atom. The number of benzene rings is 1. The zero-order valence-electron chi connectivity index (χ0n) is 15.7. The van der Waals surface area contributed by atoms with Gasteiger partial charge in [0.1, 0.15) is 5.82 Å². The van der Waals surface area contributed by atoms with Gasteiger partial charge < -0.3 is 14.8 Å². The van der Waals surface area contributed by atoms with Gasteiger partial charge in [-0.25, -0.2) is 4.39 Å². The van der Waals surface area contributed by atoms with E-state index in [1.54, 1.807) is 12.1 Å². The molecule has 3 rings (SSSR count). The summed E-state index contributed by atoms with van der Waals surface area (Å²) in [6, 6.07) is 11.1. The third-order valence-electron chi connectivity index (χ3n) is 4.97. The number of rotatable bonds is 6. The normalized spacial score (nSPS) is 15.3. The summed E-state index contributed by atoms with van der Waals surface area (Å²) in [7, 11) is 4.10. The van der Waals surface area contributed by atoms with Gasteiger partial charge in [-0.2, -0.15) is 0 Å². The van der Waals surface area contributed by atoms with E-state index in [0.717, 1.165) is 37.5 Å². The van der Waals surface area contributed by atoms with Crippen molar-refractivity contribution in [3.63, 3.8) is 0 Å². The van der Waals surface area contributed by atoms with Crippen LogP contribution in [0.15, 0.2) is 47.6 Å². The van der Waals surface area contributed by atoms with Crippen molar-refractivity contribution in [3.05, 3.63) is 59.7 Å². The van der Waals surface area contributed by atoms with Gasteiger partial charge in [-0.3, -0.25) is 4.99 Å². The fraction of sp³-hybridized carbons (Fsp3) is 0.450. The fourth-order valence-corrected chi connectivity index (χ4v) is 3.18. The molecular weight excluding hydrogens is 442 g/mol. The lowest BCUT2D eigenvalue weighted by atomic mass is 9.96. The minimum Gasteiger partial charge on any atom is -0.357 e. The SMILES string of the molecule is CCNC(=NCC1(c2cccc(F)c2)CC1)N(C)Cc1cccn1C.I. The number of aromatic nitrogens is 1. The van der Waals surface area contributed by atoms with Gasteiger partial charge in [0, 0.05) is 37.9 Å². The van der Waals surface area contributed by atoms with Crippen LogP contribution in [0.3, 0.4) is 0 Å². The summed E-state index contributed by atoms with van der Waals surface area (Å²) >= 11 is 0. The Balaban J connectivity index is 0.00000243. The first-order valence-corrected chi connectivity index (χ1v) is 8.90. The summed E-state index contributed by atoms with van der Waals surface area (Å²) in [4.78, 5) is 7.00. The second kappa shape index (κ2) is 8.88. The molecule has 6 heteroatoms. The van der Waals surface area contributed by atoms with Crippen LogP contribution in [0.5, 0.6) is 0 Å². The summed E-state index contributed by atoms with van der Waals surface area (Å²) < 4.78 is 15.7. The maximum absolute atomic E-state index is 13.6. The van der Waals surface area contributed by atoms with Crippen LogP contribution in [-0.4, -0.2) is 35.6 Å². The predicted molar refractivity (Wildman–Crippen MR) is 116 cm³/mol. The predicted octanol–water partition coefficient (Wildman–Crippen LogP) is 3.91. The van der Waals surface area contributed by atoms with Crippen LogP contribution in [0.1, 0.15) is 31.0 Å². The molecule has 0 aliphatic heterocycles. The number of hydrogen-bond donors (Lipinski definition) is 1. The molecular formula is C20H28FIN4. The summed E-state index contributed by atoms with van der Waals surface area (Å²) in [6.45, 7) is 4.38. The average Bonchev–Trinajstić information content (AvgIpc) is 3.29. The van der Waals surface area contributed by atoms with Crippen LogP contribution in [0, 0.1) is 5.82 Å². The number of nitrogens with zero attached hydrogens (tertiary/aromatic N) is 3. The van der Waals surface area contributed by atoms with Crippen molar-refractivity contribution in [1.82, 2.24) is 14.8 Å². The maximum atomic E-state index is 13.6. The third kappa shape index (κ3) is 4.78. The lowest BCUT2D eigenvalue weighted by Crippen LogP contribution is -2.39. The molecule has 1 heterocycles. The molecule has 2 aromatic rings. The highest BCUT2D eigenvalue weighted by molar-refractivity contribution is 14.0. The van der Waals surface area contributed by atoms with Gasteiger partial charge in [0.05, 0.1) is 13.1 Å². The molecule has 0 amide bonds. The van der Waals surface area contributed by atoms with E-state index in [4.69, 9.17) is 4.99 Å². The van der Waals surface area contributed by atoms with E-state index in [9.17, 15) is 4.39 Å². The Labute approximate surface area is 172 Å². The van der Waals surface area contributed by atoms with Crippen molar-refractivity contribution in [2.24, 2.45) is 12.0 Å². The van der Waals surface area contributed by atoms with E-state index in [1.165, 1.54) is 11.8 Å². The Hall–Kier alpha value is -1.57. The van der Waals surface area contributed by atoms with E-state index in [0.29, 0.717) is 6.54 Å².